The monoisotopic (exact) mass is 289 g/mol. The Morgan fingerprint density at radius 3 is 2.45 bits per heavy atom. The molecule has 0 aliphatic carbocycles. The van der Waals surface area contributed by atoms with E-state index in [1.807, 2.05) is 28.8 Å². The van der Waals surface area contributed by atoms with Gasteiger partial charge >= 0.3 is 0 Å². The van der Waals surface area contributed by atoms with Crippen molar-refractivity contribution in [1.29, 1.82) is 0 Å². The van der Waals surface area contributed by atoms with Crippen molar-refractivity contribution in [3.05, 3.63) is 35.4 Å². The summed E-state index contributed by atoms with van der Waals surface area (Å²) in [5.41, 5.74) is 1.51. The van der Waals surface area contributed by atoms with Gasteiger partial charge in [0.05, 0.1) is 0 Å². The largest absolute Gasteiger partial charge is 0.384 e. The van der Waals surface area contributed by atoms with Crippen LogP contribution in [0.4, 0.5) is 0 Å². The highest BCUT2D eigenvalue weighted by molar-refractivity contribution is 8.00. The molecule has 0 spiro atoms. The van der Waals surface area contributed by atoms with E-state index in [0.717, 1.165) is 18.7 Å². The van der Waals surface area contributed by atoms with Gasteiger partial charge in [-0.2, -0.15) is 11.8 Å². The Kier molecular flexibility index (Phi) is 5.11. The van der Waals surface area contributed by atoms with Crippen LogP contribution in [-0.2, 0) is 0 Å². The molecule has 2 atom stereocenters. The third kappa shape index (κ3) is 3.78. The molecule has 1 heterocycles. The molecular formula is C16H19NO2S. The van der Waals surface area contributed by atoms with Gasteiger partial charge in [0.1, 0.15) is 6.61 Å². The average molecular weight is 289 g/mol. The SMILES string of the molecule is CC1CN(C(=O)c2ccc(C#CCO)cc2)CC(C)S1. The number of benzene rings is 1. The topological polar surface area (TPSA) is 40.5 Å². The fourth-order valence-corrected chi connectivity index (χ4v) is 3.69. The summed E-state index contributed by atoms with van der Waals surface area (Å²) in [4.78, 5) is 14.4. The number of hydrogen-bond donors (Lipinski definition) is 1. The van der Waals surface area contributed by atoms with Crippen LogP contribution < -0.4 is 0 Å². The number of aliphatic hydroxyl groups excluding tert-OH is 1. The summed E-state index contributed by atoms with van der Waals surface area (Å²) in [5.74, 6) is 5.51. The summed E-state index contributed by atoms with van der Waals surface area (Å²) >= 11 is 1.93. The molecule has 1 aliphatic rings. The van der Waals surface area contributed by atoms with Crippen LogP contribution in [0.2, 0.25) is 0 Å². The quantitative estimate of drug-likeness (QED) is 0.804. The maximum atomic E-state index is 12.5. The summed E-state index contributed by atoms with van der Waals surface area (Å²) in [7, 11) is 0. The van der Waals surface area contributed by atoms with Gasteiger partial charge in [-0.1, -0.05) is 25.7 Å². The summed E-state index contributed by atoms with van der Waals surface area (Å²) in [5, 5.41) is 9.62. The lowest BCUT2D eigenvalue weighted by atomic mass is 10.1. The van der Waals surface area contributed by atoms with Crippen molar-refractivity contribution in [2.45, 2.75) is 24.3 Å². The van der Waals surface area contributed by atoms with E-state index in [-0.39, 0.29) is 12.5 Å². The lowest BCUT2D eigenvalue weighted by Crippen LogP contribution is -2.44. The molecule has 2 unspecified atom stereocenters. The van der Waals surface area contributed by atoms with Crippen molar-refractivity contribution in [3.63, 3.8) is 0 Å². The normalized spacial score (nSPS) is 22.1. The average Bonchev–Trinajstić information content (AvgIpc) is 2.44. The zero-order chi connectivity index (χ0) is 14.5. The van der Waals surface area contributed by atoms with Crippen molar-refractivity contribution < 1.29 is 9.90 Å². The zero-order valence-corrected chi connectivity index (χ0v) is 12.6. The lowest BCUT2D eigenvalue weighted by molar-refractivity contribution is 0.0753. The van der Waals surface area contributed by atoms with Crippen molar-refractivity contribution in [2.24, 2.45) is 0 Å². The molecule has 106 valence electrons. The first kappa shape index (κ1) is 15.0. The van der Waals surface area contributed by atoms with Crippen molar-refractivity contribution in [1.82, 2.24) is 4.90 Å². The first-order valence-corrected chi connectivity index (χ1v) is 7.69. The lowest BCUT2D eigenvalue weighted by Gasteiger charge is -2.34. The molecule has 4 heteroatoms. The van der Waals surface area contributed by atoms with Gasteiger partial charge in [-0.05, 0) is 24.3 Å². The second kappa shape index (κ2) is 6.83. The minimum Gasteiger partial charge on any atom is -0.384 e. The predicted octanol–water partition coefficient (Wildman–Crippen LogP) is 2.00. The van der Waals surface area contributed by atoms with Crippen LogP contribution in [0.15, 0.2) is 24.3 Å². The molecule has 1 aliphatic heterocycles. The Bertz CT molecular complexity index is 520. The first-order valence-electron chi connectivity index (χ1n) is 6.74. The van der Waals surface area contributed by atoms with Crippen molar-refractivity contribution in [3.8, 4) is 11.8 Å². The van der Waals surface area contributed by atoms with Gasteiger partial charge in [-0.3, -0.25) is 4.79 Å². The molecule has 1 N–H and O–H groups in total. The zero-order valence-electron chi connectivity index (χ0n) is 11.8. The molecule has 0 bridgehead atoms. The maximum Gasteiger partial charge on any atom is 0.253 e. The van der Waals surface area contributed by atoms with Crippen LogP contribution in [0.25, 0.3) is 0 Å². The molecule has 1 saturated heterocycles. The number of thioether (sulfide) groups is 1. The molecule has 1 aromatic rings. The van der Waals surface area contributed by atoms with Crippen LogP contribution in [0.3, 0.4) is 0 Å². The fourth-order valence-electron chi connectivity index (χ4n) is 2.36. The Hall–Kier alpha value is -1.44. The Morgan fingerprint density at radius 1 is 1.30 bits per heavy atom. The minimum atomic E-state index is -0.151. The van der Waals surface area contributed by atoms with E-state index in [1.54, 1.807) is 12.1 Å². The highest BCUT2D eigenvalue weighted by Gasteiger charge is 2.26. The van der Waals surface area contributed by atoms with Gasteiger partial charge in [-0.15, -0.1) is 0 Å². The molecular weight excluding hydrogens is 270 g/mol. The second-order valence-corrected chi connectivity index (χ2v) is 6.89. The third-order valence-electron chi connectivity index (χ3n) is 3.15. The van der Waals surface area contributed by atoms with E-state index >= 15 is 0 Å². The number of nitrogens with zero attached hydrogens (tertiary/aromatic N) is 1. The van der Waals surface area contributed by atoms with E-state index in [2.05, 4.69) is 25.7 Å². The molecule has 0 saturated carbocycles. The van der Waals surface area contributed by atoms with Crippen LogP contribution in [-0.4, -0.2) is 46.1 Å². The molecule has 1 fully saturated rings. The number of aliphatic hydroxyl groups is 1. The number of amides is 1. The number of rotatable bonds is 1. The van der Waals surface area contributed by atoms with Crippen LogP contribution in [0, 0.1) is 11.8 Å². The van der Waals surface area contributed by atoms with Gasteiger partial charge in [0.15, 0.2) is 0 Å². The van der Waals surface area contributed by atoms with Crippen molar-refractivity contribution in [2.75, 3.05) is 19.7 Å². The molecule has 1 amide bonds. The van der Waals surface area contributed by atoms with Gasteiger partial charge < -0.3 is 10.0 Å². The second-order valence-electron chi connectivity index (χ2n) is 5.00. The van der Waals surface area contributed by atoms with Crippen LogP contribution >= 0.6 is 11.8 Å². The van der Waals surface area contributed by atoms with E-state index in [4.69, 9.17) is 5.11 Å². The van der Waals surface area contributed by atoms with Crippen LogP contribution in [0.5, 0.6) is 0 Å². The number of hydrogen-bond acceptors (Lipinski definition) is 3. The summed E-state index contributed by atoms with van der Waals surface area (Å²) in [6.07, 6.45) is 0. The van der Waals surface area contributed by atoms with E-state index in [9.17, 15) is 4.79 Å². The highest BCUT2D eigenvalue weighted by atomic mass is 32.2. The Morgan fingerprint density at radius 2 is 1.90 bits per heavy atom. The van der Waals surface area contributed by atoms with Gasteiger partial charge in [0, 0.05) is 34.7 Å². The third-order valence-corrected chi connectivity index (χ3v) is 4.38. The predicted molar refractivity (Wildman–Crippen MR) is 82.8 cm³/mol. The maximum absolute atomic E-state index is 12.5. The van der Waals surface area contributed by atoms with Crippen LogP contribution in [0.1, 0.15) is 29.8 Å². The van der Waals surface area contributed by atoms with E-state index in [1.165, 1.54) is 0 Å². The smallest absolute Gasteiger partial charge is 0.253 e. The molecule has 0 radical (unpaired) electrons. The number of carbonyl (C=O) groups is 1. The summed E-state index contributed by atoms with van der Waals surface area (Å²) in [6.45, 7) is 5.78. The standard InChI is InChI=1S/C16H19NO2S/c1-12-10-17(11-13(2)20-12)16(19)15-7-5-14(6-8-15)4-3-9-18/h5-8,12-13,18H,9-11H2,1-2H3. The van der Waals surface area contributed by atoms with Gasteiger partial charge in [0.2, 0.25) is 0 Å². The Balaban J connectivity index is 2.09. The summed E-state index contributed by atoms with van der Waals surface area (Å²) in [6, 6.07) is 7.25. The fraction of sp³-hybridized carbons (Fsp3) is 0.438. The van der Waals surface area contributed by atoms with E-state index in [0.29, 0.717) is 16.1 Å². The van der Waals surface area contributed by atoms with Gasteiger partial charge in [0.25, 0.3) is 5.91 Å². The molecule has 0 aromatic heterocycles. The number of carbonyl (C=O) groups excluding carboxylic acids is 1. The molecule has 3 nitrogen and oxygen atoms in total. The minimum absolute atomic E-state index is 0.0886. The molecule has 20 heavy (non-hydrogen) atoms. The molecule has 1 aromatic carbocycles. The highest BCUT2D eigenvalue weighted by Crippen LogP contribution is 2.25. The molecule has 2 rings (SSSR count). The van der Waals surface area contributed by atoms with Gasteiger partial charge in [-0.25, -0.2) is 0 Å². The summed E-state index contributed by atoms with van der Waals surface area (Å²) < 4.78 is 0. The first-order chi connectivity index (χ1) is 9.60. The van der Waals surface area contributed by atoms with Crippen molar-refractivity contribution >= 4 is 17.7 Å². The Labute approximate surface area is 124 Å². The van der Waals surface area contributed by atoms with E-state index < -0.39 is 0 Å².